The van der Waals surface area contributed by atoms with Gasteiger partial charge in [-0.1, -0.05) is 0 Å². The van der Waals surface area contributed by atoms with Crippen LogP contribution in [0.15, 0.2) is 23.2 Å². The van der Waals surface area contributed by atoms with Crippen molar-refractivity contribution in [1.82, 2.24) is 14.5 Å². The standard InChI is InChI=1S/C12H18BrN3OS/c1-18(2,3)7-6-17-9-16-5-4-10-11(13)14-8-15-12(10)16/h4-5,8H,6-7,9H2,1-3H3. The van der Waals surface area contributed by atoms with Crippen LogP contribution in [0.2, 0.25) is 0 Å². The molecule has 6 heteroatoms. The SMILES string of the molecule is CS(C)(C)CCOCn1ccc2c(Br)ncnc21. The smallest absolute Gasteiger partial charge is 0.146 e. The number of hydrogen-bond donors (Lipinski definition) is 0. The minimum Gasteiger partial charge on any atom is -0.360 e. The summed E-state index contributed by atoms with van der Waals surface area (Å²) in [6.45, 7) is 1.34. The van der Waals surface area contributed by atoms with E-state index in [1.165, 1.54) is 0 Å². The second kappa shape index (κ2) is 5.59. The average Bonchev–Trinajstić information content (AvgIpc) is 2.68. The Labute approximate surface area is 117 Å². The Hall–Kier alpha value is -0.590. The lowest BCUT2D eigenvalue weighted by Crippen LogP contribution is -2.09. The highest BCUT2D eigenvalue weighted by molar-refractivity contribution is 9.10. The van der Waals surface area contributed by atoms with Gasteiger partial charge in [0.1, 0.15) is 23.3 Å². The minimum absolute atomic E-state index is 0.482. The quantitative estimate of drug-likeness (QED) is 0.624. The Morgan fingerprint density at radius 1 is 1.33 bits per heavy atom. The van der Waals surface area contributed by atoms with Gasteiger partial charge in [-0.25, -0.2) is 20.0 Å². The van der Waals surface area contributed by atoms with Gasteiger partial charge in [-0.3, -0.25) is 0 Å². The van der Waals surface area contributed by atoms with Crippen LogP contribution in [0.4, 0.5) is 0 Å². The third-order valence-electron chi connectivity index (χ3n) is 2.58. The average molecular weight is 332 g/mol. The third kappa shape index (κ3) is 3.46. The normalized spacial score (nSPS) is 13.1. The Morgan fingerprint density at radius 2 is 2.11 bits per heavy atom. The molecular weight excluding hydrogens is 314 g/mol. The fourth-order valence-electron chi connectivity index (χ4n) is 1.55. The van der Waals surface area contributed by atoms with Crippen molar-refractivity contribution in [3.05, 3.63) is 23.2 Å². The molecule has 0 saturated heterocycles. The van der Waals surface area contributed by atoms with Gasteiger partial charge in [0.15, 0.2) is 0 Å². The molecule has 0 saturated carbocycles. The zero-order valence-electron chi connectivity index (χ0n) is 10.9. The highest BCUT2D eigenvalue weighted by Crippen LogP contribution is 2.33. The summed E-state index contributed by atoms with van der Waals surface area (Å²) in [7, 11) is -0.482. The largest absolute Gasteiger partial charge is 0.360 e. The highest BCUT2D eigenvalue weighted by Gasteiger charge is 2.07. The number of aromatic nitrogens is 3. The van der Waals surface area contributed by atoms with Crippen LogP contribution in [0.25, 0.3) is 11.0 Å². The Bertz CT molecular complexity index is 536. The molecule has 0 N–H and O–H groups in total. The molecule has 0 aliphatic rings. The molecule has 2 rings (SSSR count). The summed E-state index contributed by atoms with van der Waals surface area (Å²) in [6, 6.07) is 2.00. The van der Waals surface area contributed by atoms with E-state index in [4.69, 9.17) is 4.74 Å². The van der Waals surface area contributed by atoms with E-state index < -0.39 is 10.0 Å². The number of hydrogen-bond acceptors (Lipinski definition) is 3. The van der Waals surface area contributed by atoms with Crippen LogP contribution in [-0.4, -0.2) is 45.7 Å². The summed E-state index contributed by atoms with van der Waals surface area (Å²) >= 11 is 3.42. The van der Waals surface area contributed by atoms with Crippen LogP contribution in [0.3, 0.4) is 0 Å². The van der Waals surface area contributed by atoms with E-state index >= 15 is 0 Å². The summed E-state index contributed by atoms with van der Waals surface area (Å²) in [5.74, 6) is 1.13. The van der Waals surface area contributed by atoms with E-state index in [2.05, 4.69) is 44.7 Å². The number of nitrogens with zero attached hydrogens (tertiary/aromatic N) is 3. The van der Waals surface area contributed by atoms with Gasteiger partial charge in [-0.05, 0) is 40.8 Å². The van der Waals surface area contributed by atoms with Crippen molar-refractivity contribution < 1.29 is 4.74 Å². The predicted molar refractivity (Wildman–Crippen MR) is 81.4 cm³/mol. The van der Waals surface area contributed by atoms with Crippen molar-refractivity contribution in [3.8, 4) is 0 Å². The molecule has 0 radical (unpaired) electrons. The maximum atomic E-state index is 5.71. The fraction of sp³-hybridized carbons (Fsp3) is 0.500. The lowest BCUT2D eigenvalue weighted by Gasteiger charge is -2.24. The molecule has 2 aromatic heterocycles. The van der Waals surface area contributed by atoms with E-state index in [0.29, 0.717) is 6.73 Å². The first kappa shape index (κ1) is 13.8. The molecule has 0 aliphatic carbocycles. The molecule has 0 unspecified atom stereocenters. The molecule has 0 atom stereocenters. The first-order valence-electron chi connectivity index (χ1n) is 5.66. The summed E-state index contributed by atoms with van der Waals surface area (Å²) in [5, 5.41) is 1.02. The van der Waals surface area contributed by atoms with Crippen LogP contribution < -0.4 is 0 Å². The van der Waals surface area contributed by atoms with Crippen molar-refractivity contribution >= 4 is 37.0 Å². The molecule has 100 valence electrons. The molecule has 0 aromatic carbocycles. The first-order chi connectivity index (χ1) is 8.47. The van der Waals surface area contributed by atoms with Gasteiger partial charge in [-0.15, -0.1) is 0 Å². The molecular formula is C12H18BrN3OS. The molecule has 0 amide bonds. The zero-order chi connectivity index (χ0) is 13.2. The van der Waals surface area contributed by atoms with E-state index in [1.54, 1.807) is 6.33 Å². The van der Waals surface area contributed by atoms with E-state index in [9.17, 15) is 0 Å². The van der Waals surface area contributed by atoms with Gasteiger partial charge < -0.3 is 9.30 Å². The number of halogens is 1. The van der Waals surface area contributed by atoms with Gasteiger partial charge in [0.05, 0.1) is 12.0 Å². The van der Waals surface area contributed by atoms with Crippen LogP contribution in [0.1, 0.15) is 0 Å². The Morgan fingerprint density at radius 3 is 2.83 bits per heavy atom. The van der Waals surface area contributed by atoms with Crippen molar-refractivity contribution in [3.63, 3.8) is 0 Å². The second-order valence-corrected chi connectivity index (χ2v) is 10.4. The van der Waals surface area contributed by atoms with Gasteiger partial charge in [0, 0.05) is 11.9 Å². The zero-order valence-corrected chi connectivity index (χ0v) is 13.3. The molecule has 2 aromatic rings. The maximum absolute atomic E-state index is 5.71. The van der Waals surface area contributed by atoms with E-state index in [-0.39, 0.29) is 0 Å². The second-order valence-electron chi connectivity index (χ2n) is 5.02. The van der Waals surface area contributed by atoms with Crippen LogP contribution in [-0.2, 0) is 11.5 Å². The van der Waals surface area contributed by atoms with Gasteiger partial charge in [0.2, 0.25) is 0 Å². The van der Waals surface area contributed by atoms with Crippen molar-refractivity contribution in [2.45, 2.75) is 6.73 Å². The predicted octanol–water partition coefficient (Wildman–Crippen LogP) is 2.86. The van der Waals surface area contributed by atoms with Crippen LogP contribution in [0.5, 0.6) is 0 Å². The lowest BCUT2D eigenvalue weighted by molar-refractivity contribution is 0.0923. The van der Waals surface area contributed by atoms with Crippen molar-refractivity contribution in [1.29, 1.82) is 0 Å². The summed E-state index contributed by atoms with van der Waals surface area (Å²) in [6.07, 6.45) is 10.4. The fourth-order valence-corrected chi connectivity index (χ4v) is 2.57. The molecule has 4 nitrogen and oxygen atoms in total. The van der Waals surface area contributed by atoms with Gasteiger partial charge in [0.25, 0.3) is 0 Å². The van der Waals surface area contributed by atoms with Crippen molar-refractivity contribution in [2.75, 3.05) is 31.1 Å². The Balaban J connectivity index is 1.98. The molecule has 0 spiro atoms. The summed E-state index contributed by atoms with van der Waals surface area (Å²) in [5.41, 5.74) is 0.903. The number of fused-ring (bicyclic) bond motifs is 1. The first-order valence-corrected chi connectivity index (χ1v) is 9.48. The Kier molecular flexibility index (Phi) is 4.29. The number of ether oxygens (including phenoxy) is 1. The van der Waals surface area contributed by atoms with E-state index in [0.717, 1.165) is 28.0 Å². The topological polar surface area (TPSA) is 39.9 Å². The molecule has 18 heavy (non-hydrogen) atoms. The molecule has 0 fully saturated rings. The van der Waals surface area contributed by atoms with Crippen LogP contribution >= 0.6 is 26.0 Å². The van der Waals surface area contributed by atoms with E-state index in [1.807, 2.05) is 16.8 Å². The number of rotatable bonds is 5. The third-order valence-corrected chi connectivity index (χ3v) is 4.60. The highest BCUT2D eigenvalue weighted by atomic mass is 79.9. The molecule has 0 aliphatic heterocycles. The minimum atomic E-state index is -0.482. The van der Waals surface area contributed by atoms with Gasteiger partial charge >= 0.3 is 0 Å². The summed E-state index contributed by atoms with van der Waals surface area (Å²) in [4.78, 5) is 8.38. The maximum Gasteiger partial charge on any atom is 0.146 e. The van der Waals surface area contributed by atoms with Crippen LogP contribution in [0, 0.1) is 0 Å². The molecule has 0 bridgehead atoms. The van der Waals surface area contributed by atoms with Crippen molar-refractivity contribution in [2.24, 2.45) is 0 Å². The van der Waals surface area contributed by atoms with Gasteiger partial charge in [-0.2, -0.15) is 0 Å². The molecule has 2 heterocycles. The lowest BCUT2D eigenvalue weighted by atomic mass is 10.4. The summed E-state index contributed by atoms with van der Waals surface area (Å²) < 4.78 is 8.53. The monoisotopic (exact) mass is 331 g/mol.